The van der Waals surface area contributed by atoms with Crippen LogP contribution in [-0.2, 0) is 4.79 Å². The van der Waals surface area contributed by atoms with Crippen LogP contribution in [0.25, 0.3) is 0 Å². The molecule has 0 spiro atoms. The monoisotopic (exact) mass is 467 g/mol. The van der Waals surface area contributed by atoms with E-state index >= 15 is 0 Å². The first-order valence-electron chi connectivity index (χ1n) is 9.34. The van der Waals surface area contributed by atoms with Crippen molar-refractivity contribution in [1.82, 2.24) is 20.4 Å². The van der Waals surface area contributed by atoms with E-state index in [2.05, 4.69) is 41.3 Å². The van der Waals surface area contributed by atoms with E-state index in [0.29, 0.717) is 0 Å². The Morgan fingerprint density at radius 1 is 1.16 bits per heavy atom. The first kappa shape index (κ1) is 24.4. The summed E-state index contributed by atoms with van der Waals surface area (Å²) in [6.45, 7) is 10.9. The first-order chi connectivity index (χ1) is 11.4. The lowest BCUT2D eigenvalue weighted by Gasteiger charge is -2.41. The molecule has 1 aliphatic rings. The van der Waals surface area contributed by atoms with Crippen LogP contribution < -0.4 is 10.6 Å². The van der Waals surface area contributed by atoms with Crippen LogP contribution >= 0.6 is 24.0 Å². The van der Waals surface area contributed by atoms with E-state index in [1.165, 1.54) is 32.4 Å². The summed E-state index contributed by atoms with van der Waals surface area (Å²) in [5, 5.41) is 6.78. The van der Waals surface area contributed by atoms with E-state index in [1.807, 2.05) is 0 Å². The van der Waals surface area contributed by atoms with Gasteiger partial charge >= 0.3 is 0 Å². The van der Waals surface area contributed by atoms with Gasteiger partial charge < -0.3 is 15.5 Å². The SMILES string of the molecule is CCCCNC(=NCC(=O)N(C)C)NCC(C)(C)N1CCCCC1.I. The number of nitrogens with one attached hydrogen (secondary N) is 2. The predicted octanol–water partition coefficient (Wildman–Crippen LogP) is 2.29. The second-order valence-corrected chi connectivity index (χ2v) is 7.45. The van der Waals surface area contributed by atoms with Gasteiger partial charge in [0.25, 0.3) is 0 Å². The minimum atomic E-state index is 0. The van der Waals surface area contributed by atoms with Crippen LogP contribution in [0.15, 0.2) is 4.99 Å². The summed E-state index contributed by atoms with van der Waals surface area (Å²) >= 11 is 0. The third-order valence-electron chi connectivity index (χ3n) is 4.59. The molecule has 6 nitrogen and oxygen atoms in total. The van der Waals surface area contributed by atoms with E-state index in [1.54, 1.807) is 19.0 Å². The zero-order valence-electron chi connectivity index (χ0n) is 16.7. The zero-order valence-corrected chi connectivity index (χ0v) is 19.1. The molecule has 0 saturated carbocycles. The average molecular weight is 467 g/mol. The van der Waals surface area contributed by atoms with Crippen LogP contribution in [0.4, 0.5) is 0 Å². The highest BCUT2D eigenvalue weighted by Crippen LogP contribution is 2.19. The third-order valence-corrected chi connectivity index (χ3v) is 4.59. The summed E-state index contributed by atoms with van der Waals surface area (Å²) in [6, 6.07) is 0. The summed E-state index contributed by atoms with van der Waals surface area (Å²) < 4.78 is 0. The Balaban J connectivity index is 0.00000576. The lowest BCUT2D eigenvalue weighted by Crippen LogP contribution is -2.55. The van der Waals surface area contributed by atoms with E-state index in [4.69, 9.17) is 0 Å². The Bertz CT molecular complexity index is 406. The second kappa shape index (κ2) is 12.7. The van der Waals surface area contributed by atoms with Gasteiger partial charge in [0.2, 0.25) is 5.91 Å². The smallest absolute Gasteiger partial charge is 0.243 e. The minimum Gasteiger partial charge on any atom is -0.356 e. The van der Waals surface area contributed by atoms with Gasteiger partial charge in [-0.2, -0.15) is 0 Å². The lowest BCUT2D eigenvalue weighted by atomic mass is 9.98. The van der Waals surface area contributed by atoms with Crippen molar-refractivity contribution in [3.63, 3.8) is 0 Å². The molecule has 0 aromatic rings. The van der Waals surface area contributed by atoms with Gasteiger partial charge in [0.05, 0.1) is 0 Å². The molecule has 0 aromatic carbocycles. The van der Waals surface area contributed by atoms with Crippen LogP contribution in [-0.4, -0.2) is 74.0 Å². The normalized spacial score (nSPS) is 16.1. The second-order valence-electron chi connectivity index (χ2n) is 7.45. The van der Waals surface area contributed by atoms with E-state index in [0.717, 1.165) is 31.9 Å². The van der Waals surface area contributed by atoms with Crippen molar-refractivity contribution in [2.24, 2.45) is 4.99 Å². The number of piperidine rings is 1. The molecule has 1 amide bonds. The fourth-order valence-electron chi connectivity index (χ4n) is 2.76. The van der Waals surface area contributed by atoms with Crippen molar-refractivity contribution in [1.29, 1.82) is 0 Å². The molecule has 1 heterocycles. The third kappa shape index (κ3) is 9.63. The maximum atomic E-state index is 11.8. The van der Waals surface area contributed by atoms with Crippen LogP contribution in [0.1, 0.15) is 52.9 Å². The molecule has 148 valence electrons. The van der Waals surface area contributed by atoms with Gasteiger partial charge in [0.15, 0.2) is 5.96 Å². The summed E-state index contributed by atoms with van der Waals surface area (Å²) in [6.07, 6.45) is 6.15. The molecule has 1 fully saturated rings. The molecule has 7 heteroatoms. The van der Waals surface area contributed by atoms with Gasteiger partial charge in [0.1, 0.15) is 6.54 Å². The quantitative estimate of drug-likeness (QED) is 0.249. The number of guanidine groups is 1. The molecule has 25 heavy (non-hydrogen) atoms. The number of likely N-dealkylation sites (tertiary alicyclic amines) is 1. The summed E-state index contributed by atoms with van der Waals surface area (Å²) in [7, 11) is 3.52. The van der Waals surface area contributed by atoms with Crippen LogP contribution in [0.2, 0.25) is 0 Å². The molecule has 0 unspecified atom stereocenters. The molecular weight excluding hydrogens is 429 g/mol. The summed E-state index contributed by atoms with van der Waals surface area (Å²) in [4.78, 5) is 20.4. The molecule has 1 saturated heterocycles. The van der Waals surface area contributed by atoms with Crippen molar-refractivity contribution in [3.05, 3.63) is 0 Å². The molecule has 1 aliphatic heterocycles. The van der Waals surface area contributed by atoms with E-state index in [9.17, 15) is 4.79 Å². The molecular formula is C18H38IN5O. The van der Waals surface area contributed by atoms with E-state index < -0.39 is 0 Å². The number of unbranched alkanes of at least 4 members (excludes halogenated alkanes) is 1. The average Bonchev–Trinajstić information content (AvgIpc) is 2.57. The zero-order chi connectivity index (χ0) is 18.0. The van der Waals surface area contributed by atoms with Crippen molar-refractivity contribution >= 4 is 35.8 Å². The Morgan fingerprint density at radius 3 is 2.36 bits per heavy atom. The highest BCUT2D eigenvalue weighted by atomic mass is 127. The minimum absolute atomic E-state index is 0. The van der Waals surface area contributed by atoms with Gasteiger partial charge in [-0.05, 0) is 46.2 Å². The number of carbonyl (C=O) groups is 1. The summed E-state index contributed by atoms with van der Waals surface area (Å²) in [5.74, 6) is 0.755. The molecule has 0 atom stereocenters. The number of amides is 1. The number of hydrogen-bond donors (Lipinski definition) is 2. The maximum absolute atomic E-state index is 11.8. The van der Waals surface area contributed by atoms with Crippen LogP contribution in [0.3, 0.4) is 0 Å². The number of aliphatic imine (C=N–C) groups is 1. The van der Waals surface area contributed by atoms with Crippen LogP contribution in [0, 0.1) is 0 Å². The Hall–Kier alpha value is -0.570. The van der Waals surface area contributed by atoms with Gasteiger partial charge in [-0.3, -0.25) is 9.69 Å². The molecule has 0 aromatic heterocycles. The molecule has 0 bridgehead atoms. The Morgan fingerprint density at radius 2 is 1.80 bits per heavy atom. The largest absolute Gasteiger partial charge is 0.356 e. The highest BCUT2D eigenvalue weighted by Gasteiger charge is 2.27. The van der Waals surface area contributed by atoms with Crippen molar-refractivity contribution in [3.8, 4) is 0 Å². The van der Waals surface area contributed by atoms with E-state index in [-0.39, 0.29) is 42.0 Å². The molecule has 0 radical (unpaired) electrons. The van der Waals surface area contributed by atoms with Gasteiger partial charge in [0, 0.05) is 32.7 Å². The lowest BCUT2D eigenvalue weighted by molar-refractivity contribution is -0.127. The van der Waals surface area contributed by atoms with Crippen molar-refractivity contribution in [2.75, 3.05) is 46.8 Å². The standard InChI is InChI=1S/C18H37N5O.HI/c1-6-7-11-19-17(20-14-16(24)22(4)5)21-15-18(2,3)23-12-9-8-10-13-23;/h6-15H2,1-5H3,(H2,19,20,21);1H. The number of nitrogens with zero attached hydrogens (tertiary/aromatic N) is 3. The number of likely N-dealkylation sites (N-methyl/N-ethyl adjacent to an activating group) is 1. The first-order valence-corrected chi connectivity index (χ1v) is 9.34. The molecule has 1 rings (SSSR count). The number of hydrogen-bond acceptors (Lipinski definition) is 3. The van der Waals surface area contributed by atoms with Crippen molar-refractivity contribution in [2.45, 2.75) is 58.4 Å². The predicted molar refractivity (Wildman–Crippen MR) is 117 cm³/mol. The van der Waals surface area contributed by atoms with Gasteiger partial charge in [-0.1, -0.05) is 19.8 Å². The maximum Gasteiger partial charge on any atom is 0.243 e. The number of carbonyl (C=O) groups excluding carboxylic acids is 1. The topological polar surface area (TPSA) is 60.0 Å². The number of rotatable bonds is 8. The molecule has 0 aliphatic carbocycles. The molecule has 2 N–H and O–H groups in total. The fourth-order valence-corrected chi connectivity index (χ4v) is 2.76. The van der Waals surface area contributed by atoms with Gasteiger partial charge in [-0.15, -0.1) is 24.0 Å². The van der Waals surface area contributed by atoms with Crippen LogP contribution in [0.5, 0.6) is 0 Å². The Kier molecular flexibility index (Phi) is 12.4. The highest BCUT2D eigenvalue weighted by molar-refractivity contribution is 14.0. The van der Waals surface area contributed by atoms with Crippen molar-refractivity contribution < 1.29 is 4.79 Å². The Labute approximate surface area is 171 Å². The number of halogens is 1. The summed E-state index contributed by atoms with van der Waals surface area (Å²) in [5.41, 5.74) is 0.0825. The fraction of sp³-hybridized carbons (Fsp3) is 0.889. The van der Waals surface area contributed by atoms with Gasteiger partial charge in [-0.25, -0.2) is 4.99 Å².